The molecule has 0 radical (unpaired) electrons. The SMILES string of the molecule is O=C1[C@H]2[C@H](CC=C3[C@H]2C[C@@]2(Cl)C(=O)N(c4c(F)c(F)c(F)c(F)c4F)C(=O)[C@@]2(Cl)[C@H]3c2ccc(O)c(F)c2)C(=O)N1c1ccc(Br)cc1. The number of amides is 4. The first-order chi connectivity index (χ1) is 22.6. The van der Waals surface area contributed by atoms with Crippen molar-refractivity contribution < 1.29 is 50.6 Å². The van der Waals surface area contributed by atoms with Gasteiger partial charge in [-0.1, -0.05) is 33.6 Å². The van der Waals surface area contributed by atoms with Crippen molar-refractivity contribution >= 4 is 74.1 Å². The Hall–Kier alpha value is -3.88. The fraction of sp³-hybridized carbons (Fsp3) is 0.250. The van der Waals surface area contributed by atoms with E-state index < -0.39 is 110 Å². The number of nitrogens with zero attached hydrogens (tertiary/aromatic N) is 2. The fourth-order valence-electron chi connectivity index (χ4n) is 7.49. The lowest BCUT2D eigenvalue weighted by Crippen LogP contribution is -2.60. The highest BCUT2D eigenvalue weighted by Crippen LogP contribution is 2.66. The van der Waals surface area contributed by atoms with E-state index in [2.05, 4.69) is 15.9 Å². The van der Waals surface area contributed by atoms with E-state index in [4.69, 9.17) is 23.2 Å². The van der Waals surface area contributed by atoms with Gasteiger partial charge in [0.2, 0.25) is 17.6 Å². The highest BCUT2D eigenvalue weighted by Gasteiger charge is 2.77. The number of alkyl halides is 2. The highest BCUT2D eigenvalue weighted by molar-refractivity contribution is 9.10. The Balaban J connectivity index is 1.43. The lowest BCUT2D eigenvalue weighted by atomic mass is 9.56. The van der Waals surface area contributed by atoms with Gasteiger partial charge in [-0.3, -0.25) is 24.1 Å². The van der Waals surface area contributed by atoms with Crippen LogP contribution in [0.15, 0.2) is 58.6 Å². The molecule has 7 nitrogen and oxygen atoms in total. The van der Waals surface area contributed by atoms with Crippen LogP contribution in [0.2, 0.25) is 0 Å². The minimum atomic E-state index is -2.80. The third kappa shape index (κ3) is 4.08. The van der Waals surface area contributed by atoms with Crippen LogP contribution in [0.25, 0.3) is 0 Å². The van der Waals surface area contributed by atoms with Crippen molar-refractivity contribution in [2.45, 2.75) is 28.5 Å². The number of carbonyl (C=O) groups excluding carboxylic acids is 4. The maximum absolute atomic E-state index is 15.1. The predicted octanol–water partition coefficient (Wildman–Crippen LogP) is 6.76. The minimum absolute atomic E-state index is 0.0864. The van der Waals surface area contributed by atoms with E-state index in [0.717, 1.165) is 23.1 Å². The first-order valence-electron chi connectivity index (χ1n) is 14.2. The molecule has 3 fully saturated rings. The van der Waals surface area contributed by atoms with Crippen LogP contribution >= 0.6 is 39.1 Å². The molecule has 0 aromatic heterocycles. The third-order valence-electron chi connectivity index (χ3n) is 9.61. The number of carbonyl (C=O) groups is 4. The van der Waals surface area contributed by atoms with E-state index in [1.165, 1.54) is 18.2 Å². The van der Waals surface area contributed by atoms with E-state index in [1.807, 2.05) is 0 Å². The summed E-state index contributed by atoms with van der Waals surface area (Å²) in [6.45, 7) is 0. The average molecular weight is 774 g/mol. The zero-order chi connectivity index (χ0) is 34.8. The van der Waals surface area contributed by atoms with Crippen LogP contribution < -0.4 is 9.80 Å². The van der Waals surface area contributed by atoms with Crippen LogP contribution in [-0.4, -0.2) is 38.5 Å². The van der Waals surface area contributed by atoms with Gasteiger partial charge in [0.25, 0.3) is 11.8 Å². The summed E-state index contributed by atoms with van der Waals surface area (Å²) in [5.74, 6) is -24.2. The molecule has 6 atom stereocenters. The van der Waals surface area contributed by atoms with E-state index in [0.29, 0.717) is 4.47 Å². The Morgan fingerprint density at radius 2 is 1.38 bits per heavy atom. The minimum Gasteiger partial charge on any atom is -0.505 e. The van der Waals surface area contributed by atoms with Crippen molar-refractivity contribution in [1.82, 2.24) is 0 Å². The summed E-state index contributed by atoms with van der Waals surface area (Å²) in [7, 11) is 0. The largest absolute Gasteiger partial charge is 0.505 e. The fourth-order valence-corrected chi connectivity index (χ4v) is 8.69. The van der Waals surface area contributed by atoms with Gasteiger partial charge in [0.1, 0.15) is 5.69 Å². The van der Waals surface area contributed by atoms with Crippen LogP contribution in [0.1, 0.15) is 24.3 Å². The normalized spacial score (nSPS) is 29.6. The van der Waals surface area contributed by atoms with Crippen LogP contribution in [0, 0.1) is 52.7 Å². The number of rotatable bonds is 3. The summed E-state index contributed by atoms with van der Waals surface area (Å²) in [5, 5.41) is 9.89. The first-order valence-corrected chi connectivity index (χ1v) is 15.7. The number of allylic oxidation sites excluding steroid dienone is 2. The molecule has 16 heteroatoms. The standard InChI is InChI=1S/C32H17BrCl2F6N2O5/c33-12-2-4-13(5-3-12)42-27(45)15-7-6-14-16(19(15)28(42)46)10-31(34)29(47)43(26-24(40)22(38)21(37)23(39)25(26)41)30(48)32(31,35)20(14)11-1-8-18(44)17(36)9-11/h1-6,8-9,15-16,19-20,44H,7,10H2/t15-,16+,19-,20-,31+,32-/m0/s1. The Kier molecular flexibility index (Phi) is 7.36. The second-order valence-electron chi connectivity index (χ2n) is 11.9. The summed E-state index contributed by atoms with van der Waals surface area (Å²) in [6, 6.07) is 9.04. The number of fused-ring (bicyclic) bond motifs is 4. The van der Waals surface area contributed by atoms with Gasteiger partial charge < -0.3 is 5.11 Å². The topological polar surface area (TPSA) is 95.0 Å². The second kappa shape index (κ2) is 10.8. The molecule has 2 aliphatic heterocycles. The molecule has 4 amide bonds. The smallest absolute Gasteiger partial charge is 0.258 e. The summed E-state index contributed by atoms with van der Waals surface area (Å²) < 4.78 is 88.3. The quantitative estimate of drug-likeness (QED) is 0.0794. The van der Waals surface area contributed by atoms with Gasteiger partial charge in [-0.05, 0) is 60.7 Å². The molecule has 0 bridgehead atoms. The molecule has 1 N–H and O–H groups in total. The lowest BCUT2D eigenvalue weighted by Gasteiger charge is -2.50. The second-order valence-corrected chi connectivity index (χ2v) is 14.0. The van der Waals surface area contributed by atoms with Crippen molar-refractivity contribution in [2.75, 3.05) is 9.80 Å². The van der Waals surface area contributed by atoms with Crippen molar-refractivity contribution in [3.63, 3.8) is 0 Å². The van der Waals surface area contributed by atoms with Gasteiger partial charge in [-0.15, -0.1) is 23.2 Å². The number of hydrogen-bond donors (Lipinski definition) is 1. The molecule has 4 aliphatic rings. The van der Waals surface area contributed by atoms with Gasteiger partial charge in [-0.25, -0.2) is 31.2 Å². The van der Waals surface area contributed by atoms with E-state index in [9.17, 15) is 41.8 Å². The number of phenolic OH excluding ortho intramolecular Hbond substituents is 1. The Labute approximate surface area is 284 Å². The Bertz CT molecular complexity index is 2020. The maximum atomic E-state index is 15.1. The number of halogens is 9. The number of hydrogen-bond acceptors (Lipinski definition) is 5. The van der Waals surface area contributed by atoms with Gasteiger partial charge in [0, 0.05) is 10.4 Å². The molecule has 3 aromatic rings. The molecule has 2 heterocycles. The van der Waals surface area contributed by atoms with Gasteiger partial charge >= 0.3 is 0 Å². The molecule has 1 saturated carbocycles. The third-order valence-corrected chi connectivity index (χ3v) is 11.6. The van der Waals surface area contributed by atoms with Gasteiger partial charge in [-0.2, -0.15) is 0 Å². The summed E-state index contributed by atoms with van der Waals surface area (Å²) in [4.78, 5) is 51.1. The number of benzene rings is 3. The number of anilines is 2. The van der Waals surface area contributed by atoms with E-state index >= 15 is 8.78 Å². The molecule has 0 unspecified atom stereocenters. The molecule has 248 valence electrons. The summed E-state index contributed by atoms with van der Waals surface area (Å²) in [5.41, 5.74) is -1.72. The number of phenols is 1. The van der Waals surface area contributed by atoms with E-state index in [-0.39, 0.29) is 28.1 Å². The van der Waals surface area contributed by atoms with Crippen LogP contribution in [0.4, 0.5) is 37.7 Å². The predicted molar refractivity (Wildman–Crippen MR) is 161 cm³/mol. The summed E-state index contributed by atoms with van der Waals surface area (Å²) in [6.07, 6.45) is 0.694. The van der Waals surface area contributed by atoms with Gasteiger partial charge in [0.05, 0.1) is 17.5 Å². The van der Waals surface area contributed by atoms with Crippen molar-refractivity contribution in [3.05, 3.63) is 99.1 Å². The molecule has 0 spiro atoms. The lowest BCUT2D eigenvalue weighted by molar-refractivity contribution is -0.125. The van der Waals surface area contributed by atoms with Crippen LogP contribution in [0.5, 0.6) is 5.75 Å². The van der Waals surface area contributed by atoms with Crippen LogP contribution in [0.3, 0.4) is 0 Å². The molecule has 3 aromatic carbocycles. The molecule has 2 aliphatic carbocycles. The first kappa shape index (κ1) is 32.7. The van der Waals surface area contributed by atoms with Crippen molar-refractivity contribution in [3.8, 4) is 5.75 Å². The molecular weight excluding hydrogens is 757 g/mol. The number of aromatic hydroxyl groups is 1. The zero-order valence-corrected chi connectivity index (χ0v) is 26.8. The molecular formula is C32H17BrCl2F6N2O5. The van der Waals surface area contributed by atoms with Gasteiger partial charge in [0.15, 0.2) is 44.6 Å². The van der Waals surface area contributed by atoms with Crippen LogP contribution in [-0.2, 0) is 19.2 Å². The number of imide groups is 2. The molecule has 7 rings (SSSR count). The maximum Gasteiger partial charge on any atom is 0.258 e. The van der Waals surface area contributed by atoms with Crippen molar-refractivity contribution in [2.24, 2.45) is 17.8 Å². The molecule has 48 heavy (non-hydrogen) atoms. The Morgan fingerprint density at radius 3 is 1.98 bits per heavy atom. The van der Waals surface area contributed by atoms with E-state index in [1.54, 1.807) is 12.1 Å². The summed E-state index contributed by atoms with van der Waals surface area (Å²) >= 11 is 17.3. The molecule has 2 saturated heterocycles. The monoisotopic (exact) mass is 772 g/mol. The highest BCUT2D eigenvalue weighted by atomic mass is 79.9. The zero-order valence-electron chi connectivity index (χ0n) is 23.7. The average Bonchev–Trinajstić information content (AvgIpc) is 3.39. The van der Waals surface area contributed by atoms with Crippen molar-refractivity contribution in [1.29, 1.82) is 0 Å². The Morgan fingerprint density at radius 1 is 0.771 bits per heavy atom.